The fourth-order valence-corrected chi connectivity index (χ4v) is 1.52. The monoisotopic (exact) mass is 236 g/mol. The normalized spacial score (nSPS) is 14.9. The van der Waals surface area contributed by atoms with E-state index in [4.69, 9.17) is 9.47 Å². The lowest BCUT2D eigenvalue weighted by atomic mass is 10.3. The third-order valence-corrected chi connectivity index (χ3v) is 2.61. The Kier molecular flexibility index (Phi) is 4.76. The van der Waals surface area contributed by atoms with Gasteiger partial charge in [-0.05, 0) is 25.8 Å². The molecule has 0 saturated heterocycles. The van der Waals surface area contributed by atoms with Gasteiger partial charge >= 0.3 is 0 Å². The van der Waals surface area contributed by atoms with Gasteiger partial charge in [0, 0.05) is 25.3 Å². The standard InChI is InChI=1S/C13H20N2O2/c1-2-16-8-9-17-13-5-3-4-12(15-13)10-14-11-6-7-11/h3-5,11,14H,2,6-10H2,1H3. The molecule has 0 aromatic carbocycles. The van der Waals surface area contributed by atoms with Crippen molar-refractivity contribution in [2.24, 2.45) is 0 Å². The molecule has 17 heavy (non-hydrogen) atoms. The molecule has 1 heterocycles. The van der Waals surface area contributed by atoms with E-state index in [1.807, 2.05) is 25.1 Å². The molecule has 1 aromatic heterocycles. The van der Waals surface area contributed by atoms with Crippen LogP contribution in [-0.2, 0) is 11.3 Å². The van der Waals surface area contributed by atoms with E-state index in [1.54, 1.807) is 0 Å². The maximum Gasteiger partial charge on any atom is 0.213 e. The first kappa shape index (κ1) is 12.3. The van der Waals surface area contributed by atoms with Crippen molar-refractivity contribution in [3.63, 3.8) is 0 Å². The van der Waals surface area contributed by atoms with Gasteiger partial charge < -0.3 is 14.8 Å². The predicted molar refractivity (Wildman–Crippen MR) is 66.1 cm³/mol. The van der Waals surface area contributed by atoms with Crippen molar-refractivity contribution in [3.8, 4) is 5.88 Å². The number of ether oxygens (including phenoxy) is 2. The maximum atomic E-state index is 5.51. The fourth-order valence-electron chi connectivity index (χ4n) is 1.52. The minimum atomic E-state index is 0.556. The molecule has 4 nitrogen and oxygen atoms in total. The lowest BCUT2D eigenvalue weighted by Gasteiger charge is -2.07. The van der Waals surface area contributed by atoms with Crippen molar-refractivity contribution in [2.45, 2.75) is 32.4 Å². The number of pyridine rings is 1. The summed E-state index contributed by atoms with van der Waals surface area (Å²) in [5, 5.41) is 3.43. The molecule has 1 aliphatic carbocycles. The minimum Gasteiger partial charge on any atom is -0.475 e. The van der Waals surface area contributed by atoms with Gasteiger partial charge in [-0.25, -0.2) is 4.98 Å². The summed E-state index contributed by atoms with van der Waals surface area (Å²) in [6, 6.07) is 6.59. The van der Waals surface area contributed by atoms with Crippen LogP contribution in [0.3, 0.4) is 0 Å². The molecule has 0 amide bonds. The highest BCUT2D eigenvalue weighted by Crippen LogP contribution is 2.19. The Hall–Kier alpha value is -1.13. The van der Waals surface area contributed by atoms with Crippen LogP contribution in [0.15, 0.2) is 18.2 Å². The molecule has 0 atom stereocenters. The molecule has 1 fully saturated rings. The Morgan fingerprint density at radius 2 is 2.24 bits per heavy atom. The first-order valence-corrected chi connectivity index (χ1v) is 6.28. The molecule has 1 aromatic rings. The summed E-state index contributed by atoms with van der Waals surface area (Å²) in [6.07, 6.45) is 2.59. The summed E-state index contributed by atoms with van der Waals surface area (Å²) in [5.74, 6) is 0.680. The van der Waals surface area contributed by atoms with Gasteiger partial charge in [-0.3, -0.25) is 0 Å². The lowest BCUT2D eigenvalue weighted by Crippen LogP contribution is -2.16. The van der Waals surface area contributed by atoms with Gasteiger partial charge in [0.15, 0.2) is 0 Å². The third kappa shape index (κ3) is 4.71. The second kappa shape index (κ2) is 6.57. The molecule has 0 unspecified atom stereocenters. The molecule has 2 rings (SSSR count). The van der Waals surface area contributed by atoms with Crippen LogP contribution in [0.4, 0.5) is 0 Å². The number of nitrogens with zero attached hydrogens (tertiary/aromatic N) is 1. The summed E-state index contributed by atoms with van der Waals surface area (Å²) < 4.78 is 10.7. The van der Waals surface area contributed by atoms with E-state index >= 15 is 0 Å². The van der Waals surface area contributed by atoms with Crippen LogP contribution in [0.2, 0.25) is 0 Å². The summed E-state index contributed by atoms with van der Waals surface area (Å²) in [4.78, 5) is 4.43. The molecule has 1 saturated carbocycles. The van der Waals surface area contributed by atoms with Crippen molar-refractivity contribution >= 4 is 0 Å². The largest absolute Gasteiger partial charge is 0.475 e. The number of hydrogen-bond acceptors (Lipinski definition) is 4. The second-order valence-corrected chi connectivity index (χ2v) is 4.17. The first-order valence-electron chi connectivity index (χ1n) is 6.28. The molecule has 0 bridgehead atoms. The highest BCUT2D eigenvalue weighted by atomic mass is 16.5. The fraction of sp³-hybridized carbons (Fsp3) is 0.615. The topological polar surface area (TPSA) is 43.4 Å². The van der Waals surface area contributed by atoms with Gasteiger partial charge in [-0.1, -0.05) is 6.07 Å². The van der Waals surface area contributed by atoms with E-state index in [1.165, 1.54) is 12.8 Å². The number of aromatic nitrogens is 1. The van der Waals surface area contributed by atoms with Crippen LogP contribution >= 0.6 is 0 Å². The average Bonchev–Trinajstić information content (AvgIpc) is 3.17. The number of nitrogens with one attached hydrogen (secondary N) is 1. The second-order valence-electron chi connectivity index (χ2n) is 4.17. The predicted octanol–water partition coefficient (Wildman–Crippen LogP) is 1.75. The SMILES string of the molecule is CCOCCOc1cccc(CNC2CC2)n1. The Balaban J connectivity index is 1.74. The van der Waals surface area contributed by atoms with Crippen LogP contribution in [0.25, 0.3) is 0 Å². The third-order valence-electron chi connectivity index (χ3n) is 2.61. The maximum absolute atomic E-state index is 5.51. The van der Waals surface area contributed by atoms with E-state index in [0.717, 1.165) is 18.8 Å². The highest BCUT2D eigenvalue weighted by Gasteiger charge is 2.20. The molecular weight excluding hydrogens is 216 g/mol. The van der Waals surface area contributed by atoms with Gasteiger partial charge in [-0.2, -0.15) is 0 Å². The summed E-state index contributed by atoms with van der Waals surface area (Å²) in [6.45, 7) is 4.70. The smallest absolute Gasteiger partial charge is 0.213 e. The van der Waals surface area contributed by atoms with E-state index in [9.17, 15) is 0 Å². The van der Waals surface area contributed by atoms with Crippen LogP contribution in [-0.4, -0.2) is 30.8 Å². The molecule has 0 radical (unpaired) electrons. The highest BCUT2D eigenvalue weighted by molar-refractivity contribution is 5.15. The molecule has 4 heteroatoms. The van der Waals surface area contributed by atoms with Crippen molar-refractivity contribution in [2.75, 3.05) is 19.8 Å². The first-order chi connectivity index (χ1) is 8.38. The Morgan fingerprint density at radius 1 is 1.35 bits per heavy atom. The van der Waals surface area contributed by atoms with E-state index in [2.05, 4.69) is 10.3 Å². The van der Waals surface area contributed by atoms with E-state index in [-0.39, 0.29) is 0 Å². The molecular formula is C13H20N2O2. The van der Waals surface area contributed by atoms with Crippen molar-refractivity contribution in [1.82, 2.24) is 10.3 Å². The lowest BCUT2D eigenvalue weighted by molar-refractivity contribution is 0.108. The zero-order valence-corrected chi connectivity index (χ0v) is 10.3. The van der Waals surface area contributed by atoms with Crippen molar-refractivity contribution in [3.05, 3.63) is 23.9 Å². The zero-order chi connectivity index (χ0) is 11.9. The van der Waals surface area contributed by atoms with Crippen LogP contribution < -0.4 is 10.1 Å². The number of rotatable bonds is 8. The van der Waals surface area contributed by atoms with Gasteiger partial charge in [0.2, 0.25) is 5.88 Å². The van der Waals surface area contributed by atoms with Crippen LogP contribution in [0, 0.1) is 0 Å². The van der Waals surface area contributed by atoms with Gasteiger partial charge in [-0.15, -0.1) is 0 Å². The van der Waals surface area contributed by atoms with E-state index in [0.29, 0.717) is 25.1 Å². The Morgan fingerprint density at radius 3 is 3.00 bits per heavy atom. The molecule has 0 aliphatic heterocycles. The molecule has 94 valence electrons. The molecule has 1 N–H and O–H groups in total. The minimum absolute atomic E-state index is 0.556. The van der Waals surface area contributed by atoms with Crippen molar-refractivity contribution < 1.29 is 9.47 Å². The van der Waals surface area contributed by atoms with Gasteiger partial charge in [0.05, 0.1) is 12.3 Å². The molecule has 1 aliphatic rings. The van der Waals surface area contributed by atoms with Crippen molar-refractivity contribution in [1.29, 1.82) is 0 Å². The van der Waals surface area contributed by atoms with Crippen LogP contribution in [0.1, 0.15) is 25.5 Å². The Labute approximate surface area is 102 Å². The van der Waals surface area contributed by atoms with Crippen LogP contribution in [0.5, 0.6) is 5.88 Å². The van der Waals surface area contributed by atoms with E-state index < -0.39 is 0 Å². The Bertz CT molecular complexity index is 340. The summed E-state index contributed by atoms with van der Waals surface area (Å²) in [7, 11) is 0. The van der Waals surface area contributed by atoms with Gasteiger partial charge in [0.1, 0.15) is 6.61 Å². The average molecular weight is 236 g/mol. The summed E-state index contributed by atoms with van der Waals surface area (Å²) in [5.41, 5.74) is 1.03. The van der Waals surface area contributed by atoms with Gasteiger partial charge in [0.25, 0.3) is 0 Å². The zero-order valence-electron chi connectivity index (χ0n) is 10.3. The summed E-state index contributed by atoms with van der Waals surface area (Å²) >= 11 is 0. The number of hydrogen-bond donors (Lipinski definition) is 1. The quantitative estimate of drug-likeness (QED) is 0.698. The molecule has 0 spiro atoms.